The van der Waals surface area contributed by atoms with E-state index >= 15 is 0 Å². The molecule has 134 valence electrons. The van der Waals surface area contributed by atoms with Crippen LogP contribution < -0.4 is 10.6 Å². The number of carbonyl (C=O) groups is 2. The Balaban J connectivity index is 2.04. The van der Waals surface area contributed by atoms with Crippen LogP contribution in [0.15, 0.2) is 48.5 Å². The first-order chi connectivity index (χ1) is 12.4. The van der Waals surface area contributed by atoms with Crippen molar-refractivity contribution in [1.82, 2.24) is 10.6 Å². The lowest BCUT2D eigenvalue weighted by Gasteiger charge is -2.20. The van der Waals surface area contributed by atoms with E-state index in [1.807, 2.05) is 50.2 Å². The smallest absolute Gasteiger partial charge is 0.222 e. The molecule has 2 atom stereocenters. The van der Waals surface area contributed by atoms with Crippen molar-refractivity contribution >= 4 is 11.8 Å². The molecule has 0 aliphatic heterocycles. The van der Waals surface area contributed by atoms with Gasteiger partial charge in [0.1, 0.15) is 0 Å². The largest absolute Gasteiger partial charge is 0.350 e. The minimum Gasteiger partial charge on any atom is -0.350 e. The third-order valence-electron chi connectivity index (χ3n) is 4.16. The molecular formula is C21H23N3O2. The van der Waals surface area contributed by atoms with Crippen LogP contribution in [0.2, 0.25) is 0 Å². The molecule has 5 nitrogen and oxygen atoms in total. The van der Waals surface area contributed by atoms with Crippen LogP contribution >= 0.6 is 0 Å². The van der Waals surface area contributed by atoms with Crippen molar-refractivity contribution in [3.63, 3.8) is 0 Å². The van der Waals surface area contributed by atoms with E-state index in [1.54, 1.807) is 12.1 Å². The number of hydrogen-bond donors (Lipinski definition) is 2. The Morgan fingerprint density at radius 2 is 1.58 bits per heavy atom. The van der Waals surface area contributed by atoms with Gasteiger partial charge in [-0.15, -0.1) is 0 Å². The maximum absolute atomic E-state index is 12.5. The minimum atomic E-state index is -0.374. The number of amides is 2. The van der Waals surface area contributed by atoms with E-state index in [0.717, 1.165) is 16.7 Å². The molecule has 2 unspecified atom stereocenters. The van der Waals surface area contributed by atoms with Crippen molar-refractivity contribution < 1.29 is 9.59 Å². The Bertz CT molecular complexity index is 805. The molecule has 0 bridgehead atoms. The van der Waals surface area contributed by atoms with Gasteiger partial charge in [0.2, 0.25) is 11.8 Å². The normalized spacial score (nSPS) is 12.5. The van der Waals surface area contributed by atoms with E-state index in [2.05, 4.69) is 16.7 Å². The average molecular weight is 349 g/mol. The van der Waals surface area contributed by atoms with Crippen molar-refractivity contribution in [2.45, 2.75) is 39.3 Å². The quantitative estimate of drug-likeness (QED) is 0.839. The zero-order chi connectivity index (χ0) is 19.1. The van der Waals surface area contributed by atoms with Gasteiger partial charge in [-0.2, -0.15) is 5.26 Å². The summed E-state index contributed by atoms with van der Waals surface area (Å²) >= 11 is 0. The fourth-order valence-electron chi connectivity index (χ4n) is 2.71. The van der Waals surface area contributed by atoms with Crippen LogP contribution in [0.3, 0.4) is 0 Å². The van der Waals surface area contributed by atoms with Crippen molar-refractivity contribution in [2.24, 2.45) is 0 Å². The van der Waals surface area contributed by atoms with E-state index in [-0.39, 0.29) is 30.3 Å². The zero-order valence-electron chi connectivity index (χ0n) is 15.2. The van der Waals surface area contributed by atoms with Crippen LogP contribution in [0.25, 0.3) is 0 Å². The predicted octanol–water partition coefficient (Wildman–Crippen LogP) is 3.31. The van der Waals surface area contributed by atoms with E-state index in [4.69, 9.17) is 5.26 Å². The zero-order valence-corrected chi connectivity index (χ0v) is 15.2. The monoisotopic (exact) mass is 349 g/mol. The van der Waals surface area contributed by atoms with Gasteiger partial charge in [0.25, 0.3) is 0 Å². The summed E-state index contributed by atoms with van der Waals surface area (Å²) in [6.07, 6.45) is 0.156. The second kappa shape index (κ2) is 8.82. The van der Waals surface area contributed by atoms with Gasteiger partial charge in [-0.1, -0.05) is 42.0 Å². The lowest BCUT2D eigenvalue weighted by Crippen LogP contribution is -2.33. The predicted molar refractivity (Wildman–Crippen MR) is 100 cm³/mol. The number of benzene rings is 2. The van der Waals surface area contributed by atoms with Gasteiger partial charge in [0, 0.05) is 6.92 Å². The Labute approximate surface area is 154 Å². The highest BCUT2D eigenvalue weighted by Crippen LogP contribution is 2.19. The summed E-state index contributed by atoms with van der Waals surface area (Å²) < 4.78 is 0. The second-order valence-corrected chi connectivity index (χ2v) is 6.39. The fourth-order valence-corrected chi connectivity index (χ4v) is 2.71. The number of carbonyl (C=O) groups excluding carboxylic acids is 2. The molecule has 0 fully saturated rings. The summed E-state index contributed by atoms with van der Waals surface area (Å²) in [6.45, 7) is 5.32. The Morgan fingerprint density at radius 3 is 2.12 bits per heavy atom. The summed E-state index contributed by atoms with van der Waals surface area (Å²) in [7, 11) is 0. The molecule has 2 rings (SSSR count). The average Bonchev–Trinajstić information content (AvgIpc) is 2.61. The molecular weight excluding hydrogens is 326 g/mol. The third-order valence-corrected chi connectivity index (χ3v) is 4.16. The Kier molecular flexibility index (Phi) is 6.51. The Morgan fingerprint density at radius 1 is 1.00 bits per heavy atom. The van der Waals surface area contributed by atoms with Crippen LogP contribution in [-0.4, -0.2) is 11.8 Å². The molecule has 0 saturated heterocycles. The van der Waals surface area contributed by atoms with E-state index in [0.29, 0.717) is 5.56 Å². The lowest BCUT2D eigenvalue weighted by molar-refractivity contribution is -0.123. The maximum atomic E-state index is 12.5. The molecule has 2 aromatic carbocycles. The number of aryl methyl sites for hydroxylation is 1. The van der Waals surface area contributed by atoms with E-state index < -0.39 is 0 Å². The van der Waals surface area contributed by atoms with E-state index in [9.17, 15) is 9.59 Å². The SMILES string of the molecule is CC(=O)NC(CC(=O)NC(C)c1ccc(C#N)cc1)c1ccc(C)cc1. The lowest BCUT2D eigenvalue weighted by atomic mass is 10.0. The van der Waals surface area contributed by atoms with Crippen molar-refractivity contribution in [1.29, 1.82) is 5.26 Å². The molecule has 26 heavy (non-hydrogen) atoms. The van der Waals surface area contributed by atoms with Gasteiger partial charge in [0.05, 0.1) is 30.1 Å². The highest BCUT2D eigenvalue weighted by Gasteiger charge is 2.18. The van der Waals surface area contributed by atoms with Gasteiger partial charge < -0.3 is 10.6 Å². The highest BCUT2D eigenvalue weighted by atomic mass is 16.2. The first-order valence-electron chi connectivity index (χ1n) is 8.52. The third kappa shape index (κ3) is 5.45. The van der Waals surface area contributed by atoms with Crippen LogP contribution in [0.1, 0.15) is 54.6 Å². The molecule has 0 aliphatic rings. The van der Waals surface area contributed by atoms with Gasteiger partial charge in [-0.05, 0) is 37.1 Å². The first-order valence-corrected chi connectivity index (χ1v) is 8.52. The summed E-state index contributed by atoms with van der Waals surface area (Å²) in [5.41, 5.74) is 3.52. The number of rotatable bonds is 6. The van der Waals surface area contributed by atoms with Gasteiger partial charge in [-0.3, -0.25) is 9.59 Å². The molecule has 0 spiro atoms. The molecule has 0 heterocycles. The standard InChI is InChI=1S/C21H23N3O2/c1-14-4-8-19(9-5-14)20(24-16(3)25)12-21(26)23-15(2)18-10-6-17(13-22)7-11-18/h4-11,15,20H,12H2,1-3H3,(H,23,26)(H,24,25). The minimum absolute atomic E-state index is 0.152. The van der Waals surface area contributed by atoms with Gasteiger partial charge >= 0.3 is 0 Å². The van der Waals surface area contributed by atoms with Crippen LogP contribution in [0.5, 0.6) is 0 Å². The van der Waals surface area contributed by atoms with Crippen molar-refractivity contribution in [3.8, 4) is 6.07 Å². The molecule has 2 N–H and O–H groups in total. The van der Waals surface area contributed by atoms with Crippen LogP contribution in [0, 0.1) is 18.3 Å². The molecule has 0 saturated carbocycles. The Hall–Kier alpha value is -3.13. The molecule has 5 heteroatoms. The van der Waals surface area contributed by atoms with Crippen LogP contribution in [0.4, 0.5) is 0 Å². The second-order valence-electron chi connectivity index (χ2n) is 6.39. The summed E-state index contributed by atoms with van der Waals surface area (Å²) in [5, 5.41) is 14.6. The van der Waals surface area contributed by atoms with Crippen molar-refractivity contribution in [3.05, 3.63) is 70.8 Å². The summed E-state index contributed by atoms with van der Waals surface area (Å²) in [6, 6.07) is 16.4. The van der Waals surface area contributed by atoms with Crippen LogP contribution in [-0.2, 0) is 9.59 Å². The molecule has 0 aliphatic carbocycles. The molecule has 0 aromatic heterocycles. The van der Waals surface area contributed by atoms with Crippen molar-refractivity contribution in [2.75, 3.05) is 0 Å². The summed E-state index contributed by atoms with van der Waals surface area (Å²) in [4.78, 5) is 24.0. The summed E-state index contributed by atoms with van der Waals surface area (Å²) in [5.74, 6) is -0.329. The van der Waals surface area contributed by atoms with Gasteiger partial charge in [-0.25, -0.2) is 0 Å². The number of nitrogens with zero attached hydrogens (tertiary/aromatic N) is 1. The fraction of sp³-hybridized carbons (Fsp3) is 0.286. The molecule has 2 amide bonds. The number of nitriles is 1. The highest BCUT2D eigenvalue weighted by molar-refractivity contribution is 5.79. The molecule has 0 radical (unpaired) electrons. The number of nitrogens with one attached hydrogen (secondary N) is 2. The maximum Gasteiger partial charge on any atom is 0.222 e. The molecule has 2 aromatic rings. The van der Waals surface area contributed by atoms with Gasteiger partial charge in [0.15, 0.2) is 0 Å². The first kappa shape index (κ1) is 19.2. The topological polar surface area (TPSA) is 82.0 Å². The number of hydrogen-bond acceptors (Lipinski definition) is 3. The van der Waals surface area contributed by atoms with E-state index in [1.165, 1.54) is 6.92 Å².